The quantitative estimate of drug-likeness (QED) is 0.471. The van der Waals surface area contributed by atoms with Crippen LogP contribution in [0.5, 0.6) is 0 Å². The number of ketones is 1. The molecule has 0 N–H and O–H groups in total. The standard InChI is InChI=1S/C12H8N2O6S/c15-11-5-1-9(2-6-11)13-20-21(18,19)12-7-3-10(4-8-12)14(16)17/h1-8H. The van der Waals surface area contributed by atoms with E-state index >= 15 is 0 Å². The minimum Gasteiger partial charge on any atom is -0.290 e. The summed E-state index contributed by atoms with van der Waals surface area (Å²) in [6, 6.07) is 4.18. The molecule has 0 saturated heterocycles. The van der Waals surface area contributed by atoms with Gasteiger partial charge in [0, 0.05) is 12.1 Å². The predicted octanol–water partition coefficient (Wildman–Crippen LogP) is 1.35. The van der Waals surface area contributed by atoms with Crippen LogP contribution < -0.4 is 0 Å². The minimum absolute atomic E-state index is 0.153. The largest absolute Gasteiger partial charge is 0.358 e. The zero-order valence-corrected chi connectivity index (χ0v) is 11.2. The fourth-order valence-electron chi connectivity index (χ4n) is 1.38. The molecule has 0 heterocycles. The summed E-state index contributed by atoms with van der Waals surface area (Å²) in [5.74, 6) is -0.243. The fraction of sp³-hybridized carbons (Fsp3) is 0. The Labute approximate surface area is 119 Å². The molecule has 0 radical (unpaired) electrons. The predicted molar refractivity (Wildman–Crippen MR) is 72.1 cm³/mol. The van der Waals surface area contributed by atoms with E-state index in [1.165, 1.54) is 24.3 Å². The van der Waals surface area contributed by atoms with E-state index in [1.54, 1.807) is 0 Å². The van der Waals surface area contributed by atoms with Crippen LogP contribution in [0.1, 0.15) is 0 Å². The number of nitro benzene ring substituents is 1. The van der Waals surface area contributed by atoms with Gasteiger partial charge >= 0.3 is 10.1 Å². The van der Waals surface area contributed by atoms with E-state index in [-0.39, 0.29) is 22.1 Å². The molecule has 0 saturated carbocycles. The van der Waals surface area contributed by atoms with E-state index < -0.39 is 15.0 Å². The first-order valence-electron chi connectivity index (χ1n) is 5.55. The van der Waals surface area contributed by atoms with Gasteiger partial charge in [0.2, 0.25) is 0 Å². The number of hydrogen-bond donors (Lipinski definition) is 0. The molecule has 0 fully saturated rings. The van der Waals surface area contributed by atoms with Gasteiger partial charge < -0.3 is 0 Å². The monoisotopic (exact) mass is 308 g/mol. The molecule has 8 nitrogen and oxygen atoms in total. The van der Waals surface area contributed by atoms with Crippen LogP contribution in [0.15, 0.2) is 58.6 Å². The van der Waals surface area contributed by atoms with Gasteiger partial charge in [0.05, 0.1) is 4.92 Å². The van der Waals surface area contributed by atoms with Crippen molar-refractivity contribution in [2.24, 2.45) is 5.16 Å². The molecule has 1 aromatic carbocycles. The highest BCUT2D eigenvalue weighted by atomic mass is 32.2. The zero-order valence-electron chi connectivity index (χ0n) is 10.4. The van der Waals surface area contributed by atoms with Crippen LogP contribution in [-0.2, 0) is 19.2 Å². The van der Waals surface area contributed by atoms with Crippen LogP contribution >= 0.6 is 0 Å². The van der Waals surface area contributed by atoms with E-state index in [0.717, 1.165) is 24.3 Å². The summed E-state index contributed by atoms with van der Waals surface area (Å²) in [6.45, 7) is 0. The lowest BCUT2D eigenvalue weighted by atomic mass is 10.2. The Morgan fingerprint density at radius 3 is 2.14 bits per heavy atom. The normalized spacial score (nSPS) is 14.1. The number of rotatable bonds is 4. The van der Waals surface area contributed by atoms with Gasteiger partial charge in [-0.3, -0.25) is 19.2 Å². The van der Waals surface area contributed by atoms with Crippen LogP contribution in [0, 0.1) is 10.1 Å². The Morgan fingerprint density at radius 2 is 1.62 bits per heavy atom. The molecule has 1 aliphatic carbocycles. The second kappa shape index (κ2) is 5.67. The summed E-state index contributed by atoms with van der Waals surface area (Å²) in [7, 11) is -4.18. The lowest BCUT2D eigenvalue weighted by Gasteiger charge is -2.02. The summed E-state index contributed by atoms with van der Waals surface area (Å²) in [5, 5.41) is 13.9. The SMILES string of the molecule is O=C1C=CC(=NOS(=O)(=O)c2ccc([N+](=O)[O-])cc2)C=C1. The Kier molecular flexibility index (Phi) is 3.94. The van der Waals surface area contributed by atoms with Gasteiger partial charge in [-0.15, -0.1) is 0 Å². The van der Waals surface area contributed by atoms with Crippen molar-refractivity contribution in [3.8, 4) is 0 Å². The molecule has 0 unspecified atom stereocenters. The van der Waals surface area contributed by atoms with Crippen molar-refractivity contribution >= 4 is 27.3 Å². The van der Waals surface area contributed by atoms with Crippen molar-refractivity contribution in [2.45, 2.75) is 4.90 Å². The van der Waals surface area contributed by atoms with Crippen molar-refractivity contribution in [1.29, 1.82) is 0 Å². The number of hydrogen-bond acceptors (Lipinski definition) is 7. The van der Waals surface area contributed by atoms with Crippen molar-refractivity contribution < 1.29 is 22.4 Å². The smallest absolute Gasteiger partial charge is 0.290 e. The van der Waals surface area contributed by atoms with E-state index in [0.29, 0.717) is 0 Å². The van der Waals surface area contributed by atoms with E-state index in [1.807, 2.05) is 0 Å². The van der Waals surface area contributed by atoms with Crippen LogP contribution in [0.25, 0.3) is 0 Å². The topological polar surface area (TPSA) is 116 Å². The van der Waals surface area contributed by atoms with Gasteiger partial charge in [0.1, 0.15) is 10.6 Å². The third-order valence-electron chi connectivity index (χ3n) is 2.41. The highest BCUT2D eigenvalue weighted by Gasteiger charge is 2.17. The molecule has 0 bridgehead atoms. The second-order valence-corrected chi connectivity index (χ2v) is 5.39. The second-order valence-electron chi connectivity index (χ2n) is 3.86. The van der Waals surface area contributed by atoms with E-state index in [9.17, 15) is 23.3 Å². The van der Waals surface area contributed by atoms with Crippen molar-refractivity contribution in [3.63, 3.8) is 0 Å². The number of non-ortho nitro benzene ring substituents is 1. The third kappa shape index (κ3) is 3.60. The molecule has 1 aliphatic rings. The average Bonchev–Trinajstić information content (AvgIpc) is 2.47. The molecular formula is C12H8N2O6S. The molecule has 1 aromatic rings. The molecule has 0 amide bonds. The molecule has 0 spiro atoms. The van der Waals surface area contributed by atoms with E-state index in [4.69, 9.17) is 0 Å². The number of benzene rings is 1. The minimum atomic E-state index is -4.18. The number of nitro groups is 1. The Bertz CT molecular complexity index is 756. The lowest BCUT2D eigenvalue weighted by Crippen LogP contribution is -2.06. The number of allylic oxidation sites excluding steroid dienone is 4. The number of oxime groups is 1. The van der Waals surface area contributed by atoms with Crippen LogP contribution in [-0.4, -0.2) is 24.8 Å². The van der Waals surface area contributed by atoms with Gasteiger partial charge in [-0.2, -0.15) is 8.42 Å². The van der Waals surface area contributed by atoms with Gasteiger partial charge in [-0.05, 0) is 36.4 Å². The first-order chi connectivity index (χ1) is 9.88. The van der Waals surface area contributed by atoms with Gasteiger partial charge in [0.25, 0.3) is 5.69 Å². The maximum absolute atomic E-state index is 11.8. The number of carbonyl (C=O) groups excluding carboxylic acids is 1. The molecule has 2 rings (SSSR count). The Balaban J connectivity index is 2.17. The summed E-state index contributed by atoms with van der Waals surface area (Å²) in [6.07, 6.45) is 5.02. The molecule has 21 heavy (non-hydrogen) atoms. The number of nitrogens with zero attached hydrogens (tertiary/aromatic N) is 2. The van der Waals surface area contributed by atoms with Crippen molar-refractivity contribution in [3.05, 3.63) is 58.7 Å². The molecule has 108 valence electrons. The Hall–Kier alpha value is -2.81. The van der Waals surface area contributed by atoms with Crippen LogP contribution in [0.4, 0.5) is 5.69 Å². The molecular weight excluding hydrogens is 300 g/mol. The molecule has 0 aromatic heterocycles. The fourth-order valence-corrected chi connectivity index (χ4v) is 2.12. The zero-order chi connectivity index (χ0) is 15.5. The summed E-state index contributed by atoms with van der Waals surface area (Å²) in [4.78, 5) is 20.4. The molecule has 0 atom stereocenters. The Morgan fingerprint density at radius 1 is 1.05 bits per heavy atom. The maximum Gasteiger partial charge on any atom is 0.358 e. The highest BCUT2D eigenvalue weighted by Crippen LogP contribution is 2.18. The first-order valence-corrected chi connectivity index (χ1v) is 6.95. The third-order valence-corrected chi connectivity index (χ3v) is 3.53. The molecule has 9 heteroatoms. The van der Waals surface area contributed by atoms with Gasteiger partial charge in [-0.25, -0.2) is 0 Å². The average molecular weight is 308 g/mol. The maximum atomic E-state index is 11.8. The van der Waals surface area contributed by atoms with Crippen LogP contribution in [0.2, 0.25) is 0 Å². The van der Waals surface area contributed by atoms with Gasteiger partial charge in [0.15, 0.2) is 5.78 Å². The van der Waals surface area contributed by atoms with Crippen LogP contribution in [0.3, 0.4) is 0 Å². The lowest BCUT2D eigenvalue weighted by molar-refractivity contribution is -0.384. The van der Waals surface area contributed by atoms with E-state index in [2.05, 4.69) is 9.44 Å². The van der Waals surface area contributed by atoms with Crippen molar-refractivity contribution in [2.75, 3.05) is 0 Å². The molecule has 0 aliphatic heterocycles. The van der Waals surface area contributed by atoms with Crippen molar-refractivity contribution in [1.82, 2.24) is 0 Å². The highest BCUT2D eigenvalue weighted by molar-refractivity contribution is 7.86. The summed E-state index contributed by atoms with van der Waals surface area (Å²) in [5.41, 5.74) is -0.0861. The van der Waals surface area contributed by atoms with Gasteiger partial charge in [-0.1, -0.05) is 5.16 Å². The summed E-state index contributed by atoms with van der Waals surface area (Å²) < 4.78 is 28.1. The summed E-state index contributed by atoms with van der Waals surface area (Å²) >= 11 is 0. The first kappa shape index (κ1) is 14.6. The number of carbonyl (C=O) groups is 1.